The van der Waals surface area contributed by atoms with Gasteiger partial charge in [-0.15, -0.1) is 11.3 Å². The molecule has 1 amide bonds. The highest BCUT2D eigenvalue weighted by Gasteiger charge is 2.10. The summed E-state index contributed by atoms with van der Waals surface area (Å²) < 4.78 is 0. The maximum absolute atomic E-state index is 11.9. The van der Waals surface area contributed by atoms with Gasteiger partial charge < -0.3 is 10.6 Å². The minimum atomic E-state index is -0.178. The third kappa shape index (κ3) is 4.30. The summed E-state index contributed by atoms with van der Waals surface area (Å²) in [5, 5.41) is 17.8. The number of hydrogen-bond acceptors (Lipinski definition) is 4. The van der Waals surface area contributed by atoms with E-state index in [9.17, 15) is 4.79 Å². The molecule has 4 nitrogen and oxygen atoms in total. The van der Waals surface area contributed by atoms with Gasteiger partial charge >= 0.3 is 0 Å². The fourth-order valence-electron chi connectivity index (χ4n) is 1.80. The molecule has 6 heteroatoms. The molecule has 0 spiro atoms. The number of anilines is 1. The standard InChI is InChI=1S/C15H14ClN3OS/c1-10(11-3-2-4-13(16)7-11)18-9-14(20)19-15-12(8-17)5-6-21-15/h2-7,10,18H,9H2,1H3,(H,19,20)/t10-/m1/s1. The van der Waals surface area contributed by atoms with Crippen molar-refractivity contribution >= 4 is 33.8 Å². The molecule has 2 N–H and O–H groups in total. The molecular formula is C15H14ClN3OS. The Morgan fingerprint density at radius 1 is 1.48 bits per heavy atom. The minimum absolute atomic E-state index is 0.00761. The van der Waals surface area contributed by atoms with Crippen LogP contribution < -0.4 is 10.6 Å². The monoisotopic (exact) mass is 319 g/mol. The number of hydrogen-bond donors (Lipinski definition) is 2. The first-order chi connectivity index (χ1) is 10.1. The minimum Gasteiger partial charge on any atom is -0.315 e. The smallest absolute Gasteiger partial charge is 0.238 e. The molecule has 1 atom stereocenters. The summed E-state index contributed by atoms with van der Waals surface area (Å²) in [7, 11) is 0. The molecule has 0 bridgehead atoms. The Bertz CT molecular complexity index is 678. The van der Waals surface area contributed by atoms with E-state index in [1.54, 1.807) is 11.4 Å². The second-order valence-electron chi connectivity index (χ2n) is 4.48. The van der Waals surface area contributed by atoms with Gasteiger partial charge in [0.05, 0.1) is 12.1 Å². The maximum atomic E-state index is 11.9. The predicted molar refractivity (Wildman–Crippen MR) is 85.5 cm³/mol. The average Bonchev–Trinajstić information content (AvgIpc) is 2.92. The fraction of sp³-hybridized carbons (Fsp3) is 0.200. The van der Waals surface area contributed by atoms with Gasteiger partial charge in [0.2, 0.25) is 5.91 Å². The Labute approximate surface area is 132 Å². The van der Waals surface area contributed by atoms with E-state index in [1.807, 2.05) is 37.3 Å². The van der Waals surface area contributed by atoms with Gasteiger partial charge in [-0.3, -0.25) is 4.79 Å². The molecule has 1 aromatic heterocycles. The molecule has 0 radical (unpaired) electrons. The largest absolute Gasteiger partial charge is 0.315 e. The van der Waals surface area contributed by atoms with Gasteiger partial charge in [0.15, 0.2) is 0 Å². The van der Waals surface area contributed by atoms with E-state index >= 15 is 0 Å². The molecule has 0 aliphatic heterocycles. The molecule has 0 unspecified atom stereocenters. The Morgan fingerprint density at radius 3 is 3.00 bits per heavy atom. The molecule has 1 aromatic carbocycles. The fourth-order valence-corrected chi connectivity index (χ4v) is 2.76. The number of carbonyl (C=O) groups is 1. The summed E-state index contributed by atoms with van der Waals surface area (Å²) in [6, 6.07) is 11.2. The van der Waals surface area contributed by atoms with Crippen LogP contribution in [-0.4, -0.2) is 12.5 Å². The predicted octanol–water partition coefficient (Wildman–Crippen LogP) is 3.56. The second-order valence-corrected chi connectivity index (χ2v) is 5.83. The van der Waals surface area contributed by atoms with Crippen LogP contribution in [0.15, 0.2) is 35.7 Å². The van der Waals surface area contributed by atoms with Crippen molar-refractivity contribution in [2.24, 2.45) is 0 Å². The highest BCUT2D eigenvalue weighted by molar-refractivity contribution is 7.14. The van der Waals surface area contributed by atoms with Gasteiger partial charge in [-0.25, -0.2) is 0 Å². The quantitative estimate of drug-likeness (QED) is 0.885. The van der Waals surface area contributed by atoms with Crippen LogP contribution >= 0.6 is 22.9 Å². The normalized spacial score (nSPS) is 11.7. The van der Waals surface area contributed by atoms with Crippen molar-refractivity contribution in [1.29, 1.82) is 5.26 Å². The topological polar surface area (TPSA) is 64.9 Å². The van der Waals surface area contributed by atoms with Crippen molar-refractivity contribution < 1.29 is 4.79 Å². The number of nitrogens with zero attached hydrogens (tertiary/aromatic N) is 1. The zero-order valence-electron chi connectivity index (χ0n) is 11.4. The van der Waals surface area contributed by atoms with Crippen LogP contribution in [-0.2, 0) is 4.79 Å². The average molecular weight is 320 g/mol. The summed E-state index contributed by atoms with van der Waals surface area (Å²) in [6.07, 6.45) is 0. The number of rotatable bonds is 5. The number of thiophene rings is 1. The Kier molecular flexibility index (Phi) is 5.34. The van der Waals surface area contributed by atoms with E-state index in [-0.39, 0.29) is 18.5 Å². The van der Waals surface area contributed by atoms with E-state index in [2.05, 4.69) is 10.6 Å². The molecule has 21 heavy (non-hydrogen) atoms. The van der Waals surface area contributed by atoms with Crippen LogP contribution in [0.4, 0.5) is 5.00 Å². The summed E-state index contributed by atoms with van der Waals surface area (Å²) in [4.78, 5) is 11.9. The van der Waals surface area contributed by atoms with Crippen LogP contribution in [0.3, 0.4) is 0 Å². The van der Waals surface area contributed by atoms with Crippen molar-refractivity contribution in [2.75, 3.05) is 11.9 Å². The summed E-state index contributed by atoms with van der Waals surface area (Å²) in [5.74, 6) is -0.178. The molecule has 0 aliphatic carbocycles. The van der Waals surface area contributed by atoms with Crippen molar-refractivity contribution in [3.8, 4) is 6.07 Å². The van der Waals surface area contributed by atoms with Gasteiger partial charge in [-0.2, -0.15) is 5.26 Å². The number of nitrogens with one attached hydrogen (secondary N) is 2. The van der Waals surface area contributed by atoms with Gasteiger partial charge in [-0.1, -0.05) is 23.7 Å². The lowest BCUT2D eigenvalue weighted by Gasteiger charge is -2.14. The van der Waals surface area contributed by atoms with Gasteiger partial charge in [0, 0.05) is 11.1 Å². The number of nitriles is 1. The van der Waals surface area contributed by atoms with Crippen LogP contribution in [0, 0.1) is 11.3 Å². The molecule has 0 saturated carbocycles. The summed E-state index contributed by atoms with van der Waals surface area (Å²) in [6.45, 7) is 2.13. The van der Waals surface area contributed by atoms with E-state index in [4.69, 9.17) is 16.9 Å². The van der Waals surface area contributed by atoms with E-state index in [0.29, 0.717) is 15.6 Å². The van der Waals surface area contributed by atoms with Gasteiger partial charge in [0.25, 0.3) is 0 Å². The number of carbonyl (C=O) groups excluding carboxylic acids is 1. The number of benzene rings is 1. The molecule has 0 fully saturated rings. The van der Waals surface area contributed by atoms with Crippen molar-refractivity contribution in [3.63, 3.8) is 0 Å². The van der Waals surface area contributed by atoms with Gasteiger partial charge in [0.1, 0.15) is 11.1 Å². The third-order valence-electron chi connectivity index (χ3n) is 2.96. The van der Waals surface area contributed by atoms with Crippen LogP contribution in [0.5, 0.6) is 0 Å². The molecule has 1 heterocycles. The summed E-state index contributed by atoms with van der Waals surface area (Å²) in [5.41, 5.74) is 1.50. The third-order valence-corrected chi connectivity index (χ3v) is 4.02. The first-order valence-electron chi connectivity index (χ1n) is 6.36. The highest BCUT2D eigenvalue weighted by Crippen LogP contribution is 2.22. The molecular weight excluding hydrogens is 306 g/mol. The molecule has 2 rings (SSSR count). The lowest BCUT2D eigenvalue weighted by molar-refractivity contribution is -0.115. The molecule has 0 aliphatic rings. The Hall–Kier alpha value is -1.87. The zero-order valence-corrected chi connectivity index (χ0v) is 13.0. The first-order valence-corrected chi connectivity index (χ1v) is 7.62. The van der Waals surface area contributed by atoms with Crippen molar-refractivity contribution in [2.45, 2.75) is 13.0 Å². The first kappa shape index (κ1) is 15.5. The van der Waals surface area contributed by atoms with Crippen LogP contribution in [0.2, 0.25) is 5.02 Å². The Balaban J connectivity index is 1.88. The number of halogens is 1. The lowest BCUT2D eigenvalue weighted by atomic mass is 10.1. The van der Waals surface area contributed by atoms with Gasteiger partial charge in [-0.05, 0) is 36.1 Å². The van der Waals surface area contributed by atoms with E-state index in [0.717, 1.165) is 5.56 Å². The second kappa shape index (κ2) is 7.23. The molecule has 2 aromatic rings. The van der Waals surface area contributed by atoms with E-state index < -0.39 is 0 Å². The van der Waals surface area contributed by atoms with Crippen LogP contribution in [0.25, 0.3) is 0 Å². The molecule has 0 saturated heterocycles. The van der Waals surface area contributed by atoms with Crippen LogP contribution in [0.1, 0.15) is 24.1 Å². The highest BCUT2D eigenvalue weighted by atomic mass is 35.5. The Morgan fingerprint density at radius 2 is 2.29 bits per heavy atom. The summed E-state index contributed by atoms with van der Waals surface area (Å²) >= 11 is 7.28. The lowest BCUT2D eigenvalue weighted by Crippen LogP contribution is -2.30. The molecule has 108 valence electrons. The van der Waals surface area contributed by atoms with E-state index in [1.165, 1.54) is 11.3 Å². The van der Waals surface area contributed by atoms with Crippen molar-refractivity contribution in [1.82, 2.24) is 5.32 Å². The maximum Gasteiger partial charge on any atom is 0.238 e. The SMILES string of the molecule is C[C@@H](NCC(=O)Nc1sccc1C#N)c1cccc(Cl)c1. The van der Waals surface area contributed by atoms with Crippen molar-refractivity contribution in [3.05, 3.63) is 51.9 Å². The number of amides is 1. The zero-order chi connectivity index (χ0) is 15.2.